The van der Waals surface area contributed by atoms with Crippen LogP contribution >= 0.6 is 0 Å². The quantitative estimate of drug-likeness (QED) is 0.101. The summed E-state index contributed by atoms with van der Waals surface area (Å²) in [5.74, 6) is 1.86. The Morgan fingerprint density at radius 3 is 1.93 bits per heavy atom. The van der Waals surface area contributed by atoms with Gasteiger partial charge < -0.3 is 4.74 Å². The Morgan fingerprint density at radius 2 is 1.19 bits per heavy atom. The van der Waals surface area contributed by atoms with E-state index in [0.717, 1.165) is 56.3 Å². The molecule has 0 aliphatic carbocycles. The number of imidazole rings is 1. The molecule has 5 nitrogen and oxygen atoms in total. The molecule has 3 heterocycles. The summed E-state index contributed by atoms with van der Waals surface area (Å²) in [4.78, 5) is 5.11. The van der Waals surface area contributed by atoms with Gasteiger partial charge in [0, 0.05) is 28.6 Å². The van der Waals surface area contributed by atoms with Gasteiger partial charge in [-0.2, -0.15) is 0 Å². The topological polar surface area (TPSA) is 35.9 Å². The number of nitrogens with zero attached hydrogens (tertiary/aromatic N) is 4. The molecule has 0 saturated heterocycles. The van der Waals surface area contributed by atoms with Gasteiger partial charge in [0.2, 0.25) is 0 Å². The number of fused-ring (bicyclic) bond motifs is 4. The molecule has 5 heteroatoms. The molecule has 0 aliphatic rings. The molecule has 0 radical (unpaired) electrons. The molecule has 67 heavy (non-hydrogen) atoms. The molecule has 9 aromatic carbocycles. The van der Waals surface area contributed by atoms with Crippen molar-refractivity contribution in [1.82, 2.24) is 14.1 Å². The van der Waals surface area contributed by atoms with Crippen molar-refractivity contribution in [2.75, 3.05) is 0 Å². The van der Waals surface area contributed by atoms with Crippen LogP contribution in [0.1, 0.15) is 26.2 Å². The molecular weight excluding hydrogens is 817 g/mol. The van der Waals surface area contributed by atoms with E-state index in [1.54, 1.807) is 27.3 Å². The molecule has 0 fully saturated rings. The first-order valence-corrected chi connectivity index (χ1v) is 22.0. The van der Waals surface area contributed by atoms with E-state index in [1.807, 2.05) is 103 Å². The van der Waals surface area contributed by atoms with Crippen molar-refractivity contribution in [3.8, 4) is 73.2 Å². The molecule has 0 aliphatic heterocycles. The standard InChI is InChI=1S/C62H44N4O/c1-2-43-38-61(63-41-56(43)47-25-13-6-14-26-47)66-57-36-33-48(44-19-7-3-8-20-44)37-55(57)54-35-34-51(40-60(54)66)67-50-28-17-27-49(39-50)64-42-65(59-32-16-15-31-58(59)64)62-52(45-21-9-4-10-22-45)29-18-30-53(62)46-23-11-5-12-24-46/h3-41H,2H2,1H3/i4D,5D,9D,10D,11D,12D,21D,22D,23D,24D. The van der Waals surface area contributed by atoms with Gasteiger partial charge in [-0.15, -0.1) is 0 Å². The molecule has 0 atom stereocenters. The van der Waals surface area contributed by atoms with Gasteiger partial charge in [-0.05, 0) is 99.5 Å². The van der Waals surface area contributed by atoms with Crippen LogP contribution in [0.5, 0.6) is 11.5 Å². The van der Waals surface area contributed by atoms with Crippen LogP contribution < -0.4 is 9.30 Å². The summed E-state index contributed by atoms with van der Waals surface area (Å²) < 4.78 is 99.8. The molecule has 0 saturated carbocycles. The number of para-hydroxylation sites is 3. The fourth-order valence-corrected chi connectivity index (χ4v) is 9.09. The third kappa shape index (κ3) is 7.24. The van der Waals surface area contributed by atoms with Crippen LogP contribution in [0.3, 0.4) is 0 Å². The van der Waals surface area contributed by atoms with Crippen LogP contribution in [0.2, 0.25) is 0 Å². The van der Waals surface area contributed by atoms with Gasteiger partial charge in [0.25, 0.3) is 6.33 Å². The number of aryl methyl sites for hydroxylation is 1. The Bertz CT molecular complexity index is 4220. The van der Waals surface area contributed by atoms with Crippen molar-refractivity contribution in [2.45, 2.75) is 13.3 Å². The zero-order valence-corrected chi connectivity index (χ0v) is 36.1. The summed E-state index contributed by atoms with van der Waals surface area (Å²) in [6, 6.07) is 49.8. The van der Waals surface area contributed by atoms with E-state index in [9.17, 15) is 0 Å². The minimum Gasteiger partial charge on any atom is -0.458 e. The van der Waals surface area contributed by atoms with Crippen molar-refractivity contribution in [3.63, 3.8) is 0 Å². The molecule has 318 valence electrons. The highest BCUT2D eigenvalue weighted by Crippen LogP contribution is 2.39. The van der Waals surface area contributed by atoms with Gasteiger partial charge in [0.1, 0.15) is 17.3 Å². The number of pyridine rings is 1. The van der Waals surface area contributed by atoms with Crippen LogP contribution in [-0.2, 0) is 6.42 Å². The highest BCUT2D eigenvalue weighted by Gasteiger charge is 2.21. The van der Waals surface area contributed by atoms with E-state index < -0.39 is 60.4 Å². The molecule has 12 rings (SSSR count). The van der Waals surface area contributed by atoms with E-state index in [-0.39, 0.29) is 27.9 Å². The van der Waals surface area contributed by atoms with Crippen LogP contribution in [0.4, 0.5) is 0 Å². The second-order valence-corrected chi connectivity index (χ2v) is 16.1. The smallest absolute Gasteiger partial charge is 0.269 e. The lowest BCUT2D eigenvalue weighted by Crippen LogP contribution is -2.31. The maximum absolute atomic E-state index is 9.06. The highest BCUT2D eigenvalue weighted by molar-refractivity contribution is 6.10. The van der Waals surface area contributed by atoms with E-state index in [0.29, 0.717) is 28.2 Å². The van der Waals surface area contributed by atoms with Crippen LogP contribution in [0.15, 0.2) is 236 Å². The number of benzene rings is 9. The van der Waals surface area contributed by atoms with E-state index in [2.05, 4.69) is 72.4 Å². The largest absolute Gasteiger partial charge is 0.458 e. The summed E-state index contributed by atoms with van der Waals surface area (Å²) in [6.45, 7) is 2.16. The lowest BCUT2D eigenvalue weighted by atomic mass is 9.95. The monoisotopic (exact) mass is 870 g/mol. The van der Waals surface area contributed by atoms with Gasteiger partial charge in [0.15, 0.2) is 0 Å². The SMILES string of the molecule is [2H]c1c([2H])c([2H])c(-c2cccc(-c3c([2H])c([2H])c([2H])c([2H])c3[2H])c2-[n+]2[c-]n(-c3cccc(Oc4ccc5c6cc(-c7ccccc7)ccc6n(-c6cc(CC)c(-c7ccccc7)cn6)c5c4)c3)c3ccccc32)c([2H])c1[2H]. The number of hydrogen-bond donors (Lipinski definition) is 0. The average Bonchev–Trinajstić information content (AvgIpc) is 4.12. The number of hydrogen-bond acceptors (Lipinski definition) is 2. The Balaban J connectivity index is 1.01. The minimum atomic E-state index is -0.568. The minimum absolute atomic E-state index is 0.133. The fraction of sp³-hybridized carbons (Fsp3) is 0.0323. The van der Waals surface area contributed by atoms with Crippen LogP contribution in [0, 0.1) is 6.33 Å². The fourth-order valence-electron chi connectivity index (χ4n) is 9.09. The van der Waals surface area contributed by atoms with E-state index >= 15 is 0 Å². The zero-order valence-electron chi connectivity index (χ0n) is 46.1. The summed E-state index contributed by atoms with van der Waals surface area (Å²) >= 11 is 0. The first kappa shape index (κ1) is 30.4. The Hall–Kier alpha value is -8.80. The van der Waals surface area contributed by atoms with Crippen LogP contribution in [-0.4, -0.2) is 14.1 Å². The number of rotatable bonds is 10. The maximum Gasteiger partial charge on any atom is 0.269 e. The summed E-state index contributed by atoms with van der Waals surface area (Å²) in [6.07, 6.45) is 6.22. The lowest BCUT2D eigenvalue weighted by molar-refractivity contribution is -0.571. The Labute approximate surface area is 403 Å². The third-order valence-electron chi connectivity index (χ3n) is 12.2. The van der Waals surface area contributed by atoms with Crippen molar-refractivity contribution >= 4 is 32.8 Å². The molecule has 0 spiro atoms. The Morgan fingerprint density at radius 1 is 0.522 bits per heavy atom. The lowest BCUT2D eigenvalue weighted by Gasteiger charge is -2.17. The Kier molecular flexibility index (Phi) is 7.69. The summed E-state index contributed by atoms with van der Waals surface area (Å²) in [7, 11) is 0. The normalized spacial score (nSPS) is 13.5. The highest BCUT2D eigenvalue weighted by atomic mass is 16.5. The van der Waals surface area contributed by atoms with Crippen molar-refractivity contribution in [2.24, 2.45) is 0 Å². The molecule has 3 aromatic heterocycles. The first-order chi connectivity index (χ1) is 37.3. The molecule has 0 N–H and O–H groups in total. The van der Waals surface area contributed by atoms with Gasteiger partial charge in [0.05, 0.1) is 47.1 Å². The van der Waals surface area contributed by atoms with Gasteiger partial charge >= 0.3 is 0 Å². The molecule has 0 bridgehead atoms. The molecule has 12 aromatic rings. The number of aromatic nitrogens is 4. The second kappa shape index (κ2) is 17.0. The maximum atomic E-state index is 9.06. The molecule has 0 amide bonds. The average molecular weight is 871 g/mol. The van der Waals surface area contributed by atoms with Gasteiger partial charge in [-0.3, -0.25) is 13.7 Å². The first-order valence-electron chi connectivity index (χ1n) is 27.0. The van der Waals surface area contributed by atoms with E-state index in [1.165, 1.54) is 5.56 Å². The summed E-state index contributed by atoms with van der Waals surface area (Å²) in [5.41, 5.74) is 9.51. The van der Waals surface area contributed by atoms with E-state index in [4.69, 9.17) is 23.4 Å². The van der Waals surface area contributed by atoms with Crippen LogP contribution in [0.25, 0.3) is 94.5 Å². The summed E-state index contributed by atoms with van der Waals surface area (Å²) in [5, 5.41) is 2.09. The van der Waals surface area contributed by atoms with Crippen molar-refractivity contribution < 1.29 is 23.0 Å². The predicted molar refractivity (Wildman–Crippen MR) is 273 cm³/mol. The zero-order chi connectivity index (χ0) is 53.4. The predicted octanol–water partition coefficient (Wildman–Crippen LogP) is 15.2. The third-order valence-corrected chi connectivity index (χ3v) is 12.2. The van der Waals surface area contributed by atoms with Gasteiger partial charge in [-0.1, -0.05) is 183 Å². The van der Waals surface area contributed by atoms with Crippen molar-refractivity contribution in [3.05, 3.63) is 248 Å². The molecular formula is C62H44N4O. The van der Waals surface area contributed by atoms with Gasteiger partial charge in [-0.25, -0.2) is 4.98 Å². The molecule has 0 unspecified atom stereocenters. The number of ether oxygens (including phenoxy) is 1. The van der Waals surface area contributed by atoms with Crippen molar-refractivity contribution in [1.29, 1.82) is 0 Å². The second-order valence-electron chi connectivity index (χ2n) is 16.1.